The zero-order valence-electron chi connectivity index (χ0n) is 11.7. The van der Waals surface area contributed by atoms with Crippen LogP contribution in [0.5, 0.6) is 5.75 Å². The Kier molecular flexibility index (Phi) is 4.13. The molecule has 0 heterocycles. The van der Waals surface area contributed by atoms with Gasteiger partial charge < -0.3 is 9.84 Å². The molecule has 1 aromatic rings. The first-order chi connectivity index (χ1) is 9.09. The molecular formula is C16H22O3. The Labute approximate surface area is 114 Å². The van der Waals surface area contributed by atoms with Crippen LogP contribution in [0.25, 0.3) is 0 Å². The van der Waals surface area contributed by atoms with Gasteiger partial charge >= 0.3 is 5.97 Å². The van der Waals surface area contributed by atoms with Crippen molar-refractivity contribution in [2.24, 2.45) is 11.3 Å². The fraction of sp³-hybridized carbons (Fsp3) is 0.562. The van der Waals surface area contributed by atoms with Crippen molar-refractivity contribution in [3.63, 3.8) is 0 Å². The van der Waals surface area contributed by atoms with E-state index >= 15 is 0 Å². The number of ether oxygens (including phenoxy) is 1. The second-order valence-electron chi connectivity index (χ2n) is 5.63. The highest BCUT2D eigenvalue weighted by molar-refractivity contribution is 5.75. The van der Waals surface area contributed by atoms with Crippen LogP contribution in [0.3, 0.4) is 0 Å². The molecule has 3 nitrogen and oxygen atoms in total. The second kappa shape index (κ2) is 5.64. The highest BCUT2D eigenvalue weighted by atomic mass is 16.5. The van der Waals surface area contributed by atoms with Crippen LogP contribution in [0.4, 0.5) is 0 Å². The van der Waals surface area contributed by atoms with E-state index in [0.29, 0.717) is 12.3 Å². The van der Waals surface area contributed by atoms with E-state index in [1.165, 1.54) is 0 Å². The molecule has 1 saturated carbocycles. The van der Waals surface area contributed by atoms with Crippen molar-refractivity contribution in [3.8, 4) is 5.75 Å². The molecule has 2 rings (SSSR count). The van der Waals surface area contributed by atoms with Gasteiger partial charge in [-0.1, -0.05) is 25.5 Å². The Bertz CT molecular complexity index is 455. The van der Waals surface area contributed by atoms with Gasteiger partial charge in [0.25, 0.3) is 0 Å². The maximum absolute atomic E-state index is 11.7. The van der Waals surface area contributed by atoms with E-state index in [1.807, 2.05) is 24.3 Å². The first-order valence-corrected chi connectivity index (χ1v) is 6.96. The summed E-state index contributed by atoms with van der Waals surface area (Å²) in [6.45, 7) is 2.15. The van der Waals surface area contributed by atoms with E-state index in [1.54, 1.807) is 7.11 Å². The maximum Gasteiger partial charge on any atom is 0.309 e. The van der Waals surface area contributed by atoms with Crippen LogP contribution in [0.15, 0.2) is 24.3 Å². The normalized spacial score (nSPS) is 26.3. The summed E-state index contributed by atoms with van der Waals surface area (Å²) in [5.41, 5.74) is 0.478. The number of aliphatic carboxylic acids is 1. The van der Waals surface area contributed by atoms with Crippen molar-refractivity contribution in [1.82, 2.24) is 0 Å². The first kappa shape index (κ1) is 13.9. The molecule has 0 amide bonds. The minimum atomic E-state index is -0.647. The number of benzene rings is 1. The van der Waals surface area contributed by atoms with Crippen LogP contribution in [-0.2, 0) is 11.2 Å². The molecule has 0 aliphatic heterocycles. The topological polar surface area (TPSA) is 46.5 Å². The van der Waals surface area contributed by atoms with E-state index in [0.717, 1.165) is 37.0 Å². The molecule has 1 N–H and O–H groups in total. The molecule has 0 saturated heterocycles. The van der Waals surface area contributed by atoms with Gasteiger partial charge in [0.1, 0.15) is 5.75 Å². The van der Waals surface area contributed by atoms with Crippen molar-refractivity contribution in [3.05, 3.63) is 29.8 Å². The van der Waals surface area contributed by atoms with Crippen LogP contribution >= 0.6 is 0 Å². The molecule has 2 unspecified atom stereocenters. The van der Waals surface area contributed by atoms with Crippen LogP contribution in [0.2, 0.25) is 0 Å². The molecule has 3 heteroatoms. The van der Waals surface area contributed by atoms with Crippen molar-refractivity contribution in [2.45, 2.75) is 39.0 Å². The summed E-state index contributed by atoms with van der Waals surface area (Å²) in [5, 5.41) is 9.63. The van der Waals surface area contributed by atoms with Gasteiger partial charge in [-0.15, -0.1) is 0 Å². The quantitative estimate of drug-likeness (QED) is 0.883. The molecule has 1 fully saturated rings. The number of carboxylic acids is 1. The maximum atomic E-state index is 11.7. The molecule has 0 aromatic heterocycles. The average Bonchev–Trinajstić information content (AvgIpc) is 2.84. The third-order valence-corrected chi connectivity index (χ3v) is 4.42. The fourth-order valence-corrected chi connectivity index (χ4v) is 3.19. The number of rotatable bonds is 5. The number of hydrogen-bond donors (Lipinski definition) is 1. The Morgan fingerprint density at radius 3 is 2.89 bits per heavy atom. The summed E-state index contributed by atoms with van der Waals surface area (Å²) in [7, 11) is 1.63. The third-order valence-electron chi connectivity index (χ3n) is 4.42. The highest BCUT2D eigenvalue weighted by Gasteiger charge is 2.44. The molecule has 1 aliphatic rings. The van der Waals surface area contributed by atoms with Crippen LogP contribution in [-0.4, -0.2) is 18.2 Å². The number of carbonyl (C=O) groups is 1. The fourth-order valence-electron chi connectivity index (χ4n) is 3.19. The van der Waals surface area contributed by atoms with Gasteiger partial charge in [-0.05, 0) is 49.3 Å². The molecule has 2 atom stereocenters. The molecule has 0 bridgehead atoms. The van der Waals surface area contributed by atoms with Crippen molar-refractivity contribution >= 4 is 5.97 Å². The minimum absolute atomic E-state index is 0.557. The zero-order valence-corrected chi connectivity index (χ0v) is 11.7. The Hall–Kier alpha value is -1.51. The van der Waals surface area contributed by atoms with E-state index in [9.17, 15) is 9.90 Å². The second-order valence-corrected chi connectivity index (χ2v) is 5.63. The number of hydrogen-bond acceptors (Lipinski definition) is 2. The first-order valence-electron chi connectivity index (χ1n) is 6.96. The largest absolute Gasteiger partial charge is 0.497 e. The highest BCUT2D eigenvalue weighted by Crippen LogP contribution is 2.45. The summed E-state index contributed by atoms with van der Waals surface area (Å²) < 4.78 is 5.21. The minimum Gasteiger partial charge on any atom is -0.497 e. The van der Waals surface area contributed by atoms with Gasteiger partial charge in [-0.2, -0.15) is 0 Å². The monoisotopic (exact) mass is 262 g/mol. The molecule has 19 heavy (non-hydrogen) atoms. The van der Waals surface area contributed by atoms with Crippen molar-refractivity contribution in [2.75, 3.05) is 7.11 Å². The Morgan fingerprint density at radius 1 is 1.53 bits per heavy atom. The van der Waals surface area contributed by atoms with Crippen LogP contribution in [0, 0.1) is 11.3 Å². The van der Waals surface area contributed by atoms with Gasteiger partial charge in [-0.3, -0.25) is 4.79 Å². The SMILES string of the molecule is CCC1CCC(Cc2cccc(OC)c2)(C(=O)O)C1. The van der Waals surface area contributed by atoms with Crippen LogP contribution in [0.1, 0.15) is 38.2 Å². The lowest BCUT2D eigenvalue weighted by Crippen LogP contribution is -2.30. The number of methoxy groups -OCH3 is 1. The lowest BCUT2D eigenvalue weighted by atomic mass is 9.79. The molecule has 1 aliphatic carbocycles. The van der Waals surface area contributed by atoms with Gasteiger partial charge in [-0.25, -0.2) is 0 Å². The van der Waals surface area contributed by atoms with E-state index in [4.69, 9.17) is 4.74 Å². The predicted molar refractivity (Wildman–Crippen MR) is 74.4 cm³/mol. The lowest BCUT2D eigenvalue weighted by molar-refractivity contribution is -0.148. The van der Waals surface area contributed by atoms with Crippen molar-refractivity contribution < 1.29 is 14.6 Å². The van der Waals surface area contributed by atoms with E-state index < -0.39 is 11.4 Å². The summed E-state index contributed by atoms with van der Waals surface area (Å²) in [6, 6.07) is 7.76. The summed E-state index contributed by atoms with van der Waals surface area (Å²) in [5.74, 6) is 0.705. The molecule has 104 valence electrons. The summed E-state index contributed by atoms with van der Waals surface area (Å²) in [6.07, 6.45) is 4.31. The third kappa shape index (κ3) is 2.91. The van der Waals surface area contributed by atoms with Gasteiger partial charge in [0.05, 0.1) is 12.5 Å². The summed E-state index contributed by atoms with van der Waals surface area (Å²) in [4.78, 5) is 11.7. The Morgan fingerprint density at radius 2 is 2.32 bits per heavy atom. The average molecular weight is 262 g/mol. The predicted octanol–water partition coefficient (Wildman–Crippen LogP) is 3.52. The smallest absolute Gasteiger partial charge is 0.309 e. The Balaban J connectivity index is 2.19. The molecular weight excluding hydrogens is 240 g/mol. The van der Waals surface area contributed by atoms with E-state index in [2.05, 4.69) is 6.92 Å². The van der Waals surface area contributed by atoms with Gasteiger partial charge in [0.15, 0.2) is 0 Å². The van der Waals surface area contributed by atoms with E-state index in [-0.39, 0.29) is 0 Å². The van der Waals surface area contributed by atoms with Gasteiger partial charge in [0, 0.05) is 0 Å². The zero-order chi connectivity index (χ0) is 13.9. The van der Waals surface area contributed by atoms with Crippen LogP contribution < -0.4 is 4.74 Å². The summed E-state index contributed by atoms with van der Waals surface area (Å²) >= 11 is 0. The molecule has 1 aromatic carbocycles. The lowest BCUT2D eigenvalue weighted by Gasteiger charge is -2.24. The van der Waals surface area contributed by atoms with Crippen molar-refractivity contribution in [1.29, 1.82) is 0 Å². The molecule has 0 spiro atoms. The van der Waals surface area contributed by atoms with Gasteiger partial charge in [0.2, 0.25) is 0 Å². The molecule has 0 radical (unpaired) electrons. The number of carboxylic acid groups (broad SMARTS) is 1. The standard InChI is InChI=1S/C16H22O3/c1-3-12-7-8-16(10-12,15(17)18)11-13-5-4-6-14(9-13)19-2/h4-6,9,12H,3,7-8,10-11H2,1-2H3,(H,17,18).